The summed E-state index contributed by atoms with van der Waals surface area (Å²) in [5, 5.41) is 7.81. The average molecular weight is 541 g/mol. The third-order valence-electron chi connectivity index (χ3n) is 5.42. The predicted molar refractivity (Wildman–Crippen MR) is 152 cm³/mol. The minimum Gasteiger partial charge on any atom is -0.321 e. The number of carbonyl (C=O) groups is 3. The second-order valence-corrected chi connectivity index (χ2v) is 9.79. The highest BCUT2D eigenvalue weighted by molar-refractivity contribution is 8.00. The van der Waals surface area contributed by atoms with Crippen LogP contribution in [-0.4, -0.2) is 28.0 Å². The molecule has 0 radical (unpaired) electrons. The maximum absolute atomic E-state index is 13.4. The molecule has 0 fully saturated rings. The van der Waals surface area contributed by atoms with Crippen LogP contribution in [0.15, 0.2) is 114 Å². The molecule has 0 saturated heterocycles. The van der Waals surface area contributed by atoms with E-state index in [4.69, 9.17) is 0 Å². The van der Waals surface area contributed by atoms with E-state index >= 15 is 0 Å². The lowest BCUT2D eigenvalue weighted by atomic mass is 10.1. The zero-order valence-corrected chi connectivity index (χ0v) is 21.7. The molecule has 0 aliphatic rings. The van der Waals surface area contributed by atoms with Gasteiger partial charge < -0.3 is 16.0 Å². The summed E-state index contributed by atoms with van der Waals surface area (Å²) in [7, 11) is 0. The number of halogens is 1. The van der Waals surface area contributed by atoms with Crippen molar-refractivity contribution in [3.63, 3.8) is 0 Å². The molecule has 0 aliphatic heterocycles. The zero-order chi connectivity index (χ0) is 27.6. The number of rotatable bonds is 9. The molecule has 39 heavy (non-hydrogen) atoms. The smallest absolute Gasteiger partial charge is 0.272 e. The lowest BCUT2D eigenvalue weighted by molar-refractivity contribution is -0.115. The summed E-state index contributed by atoms with van der Waals surface area (Å²) in [4.78, 5) is 43.3. The Bertz CT molecular complexity index is 1460. The highest BCUT2D eigenvalue weighted by Gasteiger charge is 2.17. The quantitative estimate of drug-likeness (QED) is 0.185. The van der Waals surface area contributed by atoms with E-state index in [2.05, 4.69) is 20.9 Å². The van der Waals surface area contributed by atoms with E-state index in [1.54, 1.807) is 85.9 Å². The van der Waals surface area contributed by atoms with E-state index in [9.17, 15) is 18.8 Å². The maximum atomic E-state index is 13.4. The Morgan fingerprint density at radius 3 is 2.21 bits per heavy atom. The molecule has 1 atom stereocenters. The van der Waals surface area contributed by atoms with Gasteiger partial charge in [-0.3, -0.25) is 14.4 Å². The number of carbonyl (C=O) groups excluding carboxylic acids is 3. The Hall–Kier alpha value is -4.76. The summed E-state index contributed by atoms with van der Waals surface area (Å²) in [6.45, 7) is 1.79. The highest BCUT2D eigenvalue weighted by Crippen LogP contribution is 2.25. The number of thioether (sulfide) groups is 1. The van der Waals surface area contributed by atoms with Gasteiger partial charge in [0.15, 0.2) is 0 Å². The molecular formula is C30H25FN4O3S. The summed E-state index contributed by atoms with van der Waals surface area (Å²) in [5.41, 5.74) is 1.42. The van der Waals surface area contributed by atoms with Crippen molar-refractivity contribution in [2.75, 3.05) is 10.6 Å². The van der Waals surface area contributed by atoms with E-state index in [-0.39, 0.29) is 16.9 Å². The number of hydrogen-bond acceptors (Lipinski definition) is 5. The van der Waals surface area contributed by atoms with E-state index < -0.39 is 17.6 Å². The van der Waals surface area contributed by atoms with Gasteiger partial charge in [0.2, 0.25) is 5.91 Å². The number of benzene rings is 3. The van der Waals surface area contributed by atoms with Gasteiger partial charge in [0.25, 0.3) is 11.8 Å². The number of nitrogens with one attached hydrogen (secondary N) is 3. The Balaban J connectivity index is 1.43. The summed E-state index contributed by atoms with van der Waals surface area (Å²) < 4.78 is 13.4. The molecule has 0 aliphatic carbocycles. The molecule has 1 heterocycles. The fourth-order valence-corrected chi connectivity index (χ4v) is 4.27. The lowest BCUT2D eigenvalue weighted by Gasteiger charge is -2.13. The van der Waals surface area contributed by atoms with Crippen molar-refractivity contribution in [3.05, 3.63) is 126 Å². The van der Waals surface area contributed by atoms with Crippen molar-refractivity contribution in [2.24, 2.45) is 0 Å². The van der Waals surface area contributed by atoms with Crippen LogP contribution in [0.3, 0.4) is 0 Å². The number of anilines is 2. The summed E-state index contributed by atoms with van der Waals surface area (Å²) in [5.74, 6) is -1.11. The van der Waals surface area contributed by atoms with E-state index in [0.717, 1.165) is 4.90 Å². The van der Waals surface area contributed by atoms with E-state index in [1.807, 2.05) is 0 Å². The maximum Gasteiger partial charge on any atom is 0.272 e. The molecule has 0 saturated carbocycles. The van der Waals surface area contributed by atoms with Crippen molar-refractivity contribution >= 4 is 47.1 Å². The molecular weight excluding hydrogens is 515 g/mol. The van der Waals surface area contributed by atoms with Crippen LogP contribution in [0.5, 0.6) is 0 Å². The summed E-state index contributed by atoms with van der Waals surface area (Å²) in [6, 6.07) is 26.3. The van der Waals surface area contributed by atoms with Crippen LogP contribution >= 0.6 is 11.8 Å². The van der Waals surface area contributed by atoms with Crippen LogP contribution in [0.25, 0.3) is 6.08 Å². The van der Waals surface area contributed by atoms with Crippen LogP contribution in [-0.2, 0) is 9.59 Å². The minimum atomic E-state index is -0.549. The van der Waals surface area contributed by atoms with Crippen molar-refractivity contribution in [2.45, 2.75) is 17.1 Å². The van der Waals surface area contributed by atoms with E-state index in [0.29, 0.717) is 22.6 Å². The second kappa shape index (κ2) is 13.2. The first-order valence-corrected chi connectivity index (χ1v) is 12.9. The van der Waals surface area contributed by atoms with Crippen LogP contribution in [0.1, 0.15) is 22.8 Å². The van der Waals surface area contributed by atoms with Gasteiger partial charge in [-0.1, -0.05) is 36.4 Å². The predicted octanol–water partition coefficient (Wildman–Crippen LogP) is 5.75. The number of amides is 3. The summed E-state index contributed by atoms with van der Waals surface area (Å²) >= 11 is 1.36. The third kappa shape index (κ3) is 8.11. The average Bonchev–Trinajstić information content (AvgIpc) is 2.95. The Morgan fingerprint density at radius 1 is 0.846 bits per heavy atom. The molecule has 1 aromatic heterocycles. The molecule has 7 nitrogen and oxygen atoms in total. The largest absolute Gasteiger partial charge is 0.321 e. The standard InChI is InChI=1S/C30H25FN4O3S/c1-20(28(36)35-27-9-5-6-18-32-27)39-25-16-14-24(15-17-25)33-30(38)26(19-21-10-12-23(31)13-11-21)34-29(37)22-7-3-2-4-8-22/h2-20H,1H3,(H,33,38)(H,34,37)(H,32,35,36)/b26-19-. The van der Waals surface area contributed by atoms with Crippen molar-refractivity contribution in [1.82, 2.24) is 10.3 Å². The Morgan fingerprint density at radius 2 is 1.54 bits per heavy atom. The molecule has 4 rings (SSSR count). The zero-order valence-electron chi connectivity index (χ0n) is 20.9. The lowest BCUT2D eigenvalue weighted by Crippen LogP contribution is -2.30. The van der Waals surface area contributed by atoms with Gasteiger partial charge in [-0.2, -0.15) is 0 Å². The van der Waals surface area contributed by atoms with Gasteiger partial charge >= 0.3 is 0 Å². The van der Waals surface area contributed by atoms with Crippen LogP contribution in [0, 0.1) is 5.82 Å². The topological polar surface area (TPSA) is 100 Å². The molecule has 3 N–H and O–H groups in total. The van der Waals surface area contributed by atoms with Crippen LogP contribution in [0.2, 0.25) is 0 Å². The van der Waals surface area contributed by atoms with E-state index in [1.165, 1.54) is 42.1 Å². The second-order valence-electron chi connectivity index (χ2n) is 8.37. The normalized spacial score (nSPS) is 11.8. The van der Waals surface area contributed by atoms with Gasteiger partial charge in [0.1, 0.15) is 17.3 Å². The number of hydrogen-bond donors (Lipinski definition) is 3. The first-order valence-electron chi connectivity index (χ1n) is 12.0. The molecule has 4 aromatic rings. The first kappa shape index (κ1) is 27.3. The third-order valence-corrected chi connectivity index (χ3v) is 6.53. The highest BCUT2D eigenvalue weighted by atomic mass is 32.2. The Labute approximate surface area is 229 Å². The molecule has 9 heteroatoms. The van der Waals surface area contributed by atoms with Gasteiger partial charge in [-0.15, -0.1) is 11.8 Å². The fraction of sp³-hybridized carbons (Fsp3) is 0.0667. The van der Waals surface area contributed by atoms with Crippen molar-refractivity contribution in [1.29, 1.82) is 0 Å². The monoisotopic (exact) mass is 540 g/mol. The number of aromatic nitrogens is 1. The molecule has 3 amide bonds. The Kier molecular flexibility index (Phi) is 9.20. The fourth-order valence-electron chi connectivity index (χ4n) is 3.41. The number of nitrogens with zero attached hydrogens (tertiary/aromatic N) is 1. The first-order chi connectivity index (χ1) is 18.9. The van der Waals surface area contributed by atoms with Gasteiger partial charge in [0, 0.05) is 22.3 Å². The SMILES string of the molecule is CC(Sc1ccc(NC(=O)/C(=C/c2ccc(F)cc2)NC(=O)c2ccccc2)cc1)C(=O)Nc1ccccn1. The minimum absolute atomic E-state index is 0.00581. The van der Waals surface area contributed by atoms with Crippen molar-refractivity contribution < 1.29 is 18.8 Å². The molecule has 0 spiro atoms. The van der Waals surface area contributed by atoms with Crippen LogP contribution in [0.4, 0.5) is 15.9 Å². The summed E-state index contributed by atoms with van der Waals surface area (Å²) in [6.07, 6.45) is 3.08. The van der Waals surface area contributed by atoms with Crippen molar-refractivity contribution in [3.8, 4) is 0 Å². The molecule has 1 unspecified atom stereocenters. The molecule has 0 bridgehead atoms. The molecule has 196 valence electrons. The van der Waals surface area contributed by atoms with Gasteiger partial charge in [-0.05, 0) is 79.2 Å². The number of pyridine rings is 1. The van der Waals surface area contributed by atoms with Crippen LogP contribution < -0.4 is 16.0 Å². The molecule has 3 aromatic carbocycles. The van der Waals surface area contributed by atoms with Gasteiger partial charge in [-0.25, -0.2) is 9.37 Å². The van der Waals surface area contributed by atoms with Gasteiger partial charge in [0.05, 0.1) is 5.25 Å².